The second-order valence-corrected chi connectivity index (χ2v) is 4.92. The summed E-state index contributed by atoms with van der Waals surface area (Å²) in [6.45, 7) is 0. The van der Waals surface area contributed by atoms with E-state index < -0.39 is 0 Å². The second-order valence-electron chi connectivity index (χ2n) is 3.33. The highest BCUT2D eigenvalue weighted by atomic mass is 79.9. The van der Waals surface area contributed by atoms with Crippen LogP contribution >= 0.6 is 39.1 Å². The Labute approximate surface area is 118 Å². The molecule has 0 fully saturated rings. The van der Waals surface area contributed by atoms with Gasteiger partial charge in [0.1, 0.15) is 11.5 Å². The fraction of sp³-hybridized carbons (Fsp3) is 0.0833. The molecule has 0 radical (unpaired) electrons. The minimum atomic E-state index is 0.386. The van der Waals surface area contributed by atoms with Crippen molar-refractivity contribution in [3.63, 3.8) is 0 Å². The van der Waals surface area contributed by atoms with Crippen molar-refractivity contribution in [1.29, 1.82) is 0 Å². The Morgan fingerprint density at radius 2 is 2.00 bits per heavy atom. The predicted molar refractivity (Wildman–Crippen MR) is 73.0 cm³/mol. The van der Waals surface area contributed by atoms with E-state index in [2.05, 4.69) is 20.9 Å². The van der Waals surface area contributed by atoms with Crippen molar-refractivity contribution in [2.24, 2.45) is 0 Å². The third-order valence-electron chi connectivity index (χ3n) is 2.08. The van der Waals surface area contributed by atoms with Crippen LogP contribution in [0.2, 0.25) is 5.02 Å². The number of aromatic nitrogens is 1. The quantitative estimate of drug-likeness (QED) is 0.735. The summed E-state index contributed by atoms with van der Waals surface area (Å²) < 4.78 is 6.48. The van der Waals surface area contributed by atoms with Crippen LogP contribution < -0.4 is 4.74 Å². The molecule has 17 heavy (non-hydrogen) atoms. The number of hydrogen-bond donors (Lipinski definition) is 0. The first-order chi connectivity index (χ1) is 8.19. The molecule has 1 heterocycles. The Morgan fingerprint density at radius 3 is 2.65 bits per heavy atom. The van der Waals surface area contributed by atoms with Crippen LogP contribution in [0.5, 0.6) is 11.5 Å². The van der Waals surface area contributed by atoms with Gasteiger partial charge >= 0.3 is 0 Å². The molecule has 1 aromatic heterocycles. The molecule has 0 amide bonds. The van der Waals surface area contributed by atoms with Gasteiger partial charge in [0.05, 0.1) is 6.20 Å². The van der Waals surface area contributed by atoms with Crippen molar-refractivity contribution >= 4 is 39.1 Å². The van der Waals surface area contributed by atoms with Crippen molar-refractivity contribution < 1.29 is 4.74 Å². The van der Waals surface area contributed by atoms with Crippen molar-refractivity contribution in [1.82, 2.24) is 4.98 Å². The highest BCUT2D eigenvalue weighted by Crippen LogP contribution is 2.28. The van der Waals surface area contributed by atoms with Gasteiger partial charge in [-0.2, -0.15) is 0 Å². The van der Waals surface area contributed by atoms with E-state index in [0.29, 0.717) is 22.4 Å². The van der Waals surface area contributed by atoms with E-state index in [1.54, 1.807) is 18.5 Å². The lowest BCUT2D eigenvalue weighted by atomic mass is 10.2. The number of alkyl halides is 1. The molecular formula is C12H8BrCl2NO. The van der Waals surface area contributed by atoms with Crippen LogP contribution in [0.4, 0.5) is 0 Å². The predicted octanol–water partition coefficient (Wildman–Crippen LogP) is 5.03. The summed E-state index contributed by atoms with van der Waals surface area (Å²) >= 11 is 15.1. The molecule has 0 aliphatic rings. The number of nitrogens with zero attached hydrogens (tertiary/aromatic N) is 1. The largest absolute Gasteiger partial charge is 0.456 e. The van der Waals surface area contributed by atoms with E-state index >= 15 is 0 Å². The van der Waals surface area contributed by atoms with Gasteiger partial charge in [0.2, 0.25) is 0 Å². The third-order valence-corrected chi connectivity index (χ3v) is 3.16. The van der Waals surface area contributed by atoms with Crippen LogP contribution in [0.15, 0.2) is 41.1 Å². The molecule has 2 rings (SSSR count). The molecule has 2 nitrogen and oxygen atoms in total. The monoisotopic (exact) mass is 331 g/mol. The Bertz CT molecular complexity index is 534. The summed E-state index contributed by atoms with van der Waals surface area (Å²) in [7, 11) is 0. The van der Waals surface area contributed by atoms with E-state index in [-0.39, 0.29) is 0 Å². The first kappa shape index (κ1) is 12.7. The lowest BCUT2D eigenvalue weighted by molar-refractivity contribution is 0.480. The second kappa shape index (κ2) is 5.71. The molecular weight excluding hydrogens is 325 g/mol. The number of ether oxygens (including phenoxy) is 1. The molecule has 0 atom stereocenters. The molecule has 0 saturated heterocycles. The Hall–Kier alpha value is -0.770. The van der Waals surface area contributed by atoms with Crippen LogP contribution in [0, 0.1) is 0 Å². The number of hydrogen-bond acceptors (Lipinski definition) is 2. The van der Waals surface area contributed by atoms with Crippen LogP contribution in [0.25, 0.3) is 0 Å². The summed E-state index contributed by atoms with van der Waals surface area (Å²) in [5, 5.41) is 0.598. The van der Waals surface area contributed by atoms with E-state index in [9.17, 15) is 0 Å². The molecule has 0 aliphatic carbocycles. The van der Waals surface area contributed by atoms with Gasteiger partial charge in [-0.1, -0.05) is 17.7 Å². The van der Waals surface area contributed by atoms with Crippen molar-refractivity contribution in [2.45, 2.75) is 5.88 Å². The van der Waals surface area contributed by atoms with Gasteiger partial charge in [-0.15, -0.1) is 11.6 Å². The van der Waals surface area contributed by atoms with Crippen molar-refractivity contribution in [2.75, 3.05) is 0 Å². The van der Waals surface area contributed by atoms with Crippen LogP contribution in [0.1, 0.15) is 5.56 Å². The molecule has 0 bridgehead atoms. The van der Waals surface area contributed by atoms with Gasteiger partial charge in [0, 0.05) is 21.6 Å². The Balaban J connectivity index is 2.22. The summed E-state index contributed by atoms with van der Waals surface area (Å²) in [5.41, 5.74) is 0.882. The number of pyridine rings is 1. The van der Waals surface area contributed by atoms with Crippen LogP contribution in [0.3, 0.4) is 0 Å². The lowest BCUT2D eigenvalue weighted by Crippen LogP contribution is -1.87. The molecule has 2 aromatic rings. The van der Waals surface area contributed by atoms with Gasteiger partial charge in [-0.25, -0.2) is 0 Å². The highest BCUT2D eigenvalue weighted by molar-refractivity contribution is 9.10. The Kier molecular flexibility index (Phi) is 4.26. The van der Waals surface area contributed by atoms with Gasteiger partial charge < -0.3 is 4.74 Å². The molecule has 88 valence electrons. The SMILES string of the molecule is ClCc1ccc(Oc2cncc(Br)c2)cc1Cl. The van der Waals surface area contributed by atoms with Crippen LogP contribution in [-0.2, 0) is 5.88 Å². The van der Waals surface area contributed by atoms with Crippen molar-refractivity contribution in [3.8, 4) is 11.5 Å². The van der Waals surface area contributed by atoms with Gasteiger partial charge in [0.15, 0.2) is 0 Å². The topological polar surface area (TPSA) is 22.1 Å². The third kappa shape index (κ3) is 3.35. The smallest absolute Gasteiger partial charge is 0.146 e. The zero-order chi connectivity index (χ0) is 12.3. The summed E-state index contributed by atoms with van der Waals surface area (Å²) in [6.07, 6.45) is 3.32. The minimum Gasteiger partial charge on any atom is -0.456 e. The molecule has 0 spiro atoms. The fourth-order valence-electron chi connectivity index (χ4n) is 1.28. The number of benzene rings is 1. The van der Waals surface area contributed by atoms with Gasteiger partial charge in [-0.05, 0) is 39.7 Å². The zero-order valence-corrected chi connectivity index (χ0v) is 11.8. The molecule has 0 N–H and O–H groups in total. The highest BCUT2D eigenvalue weighted by Gasteiger charge is 2.03. The van der Waals surface area contributed by atoms with E-state index in [1.807, 2.05) is 18.2 Å². The average Bonchev–Trinajstić information content (AvgIpc) is 2.29. The van der Waals surface area contributed by atoms with Gasteiger partial charge in [-0.3, -0.25) is 4.98 Å². The number of halogens is 3. The normalized spacial score (nSPS) is 10.3. The maximum absolute atomic E-state index is 6.04. The summed E-state index contributed by atoms with van der Waals surface area (Å²) in [4.78, 5) is 4.01. The fourth-order valence-corrected chi connectivity index (χ4v) is 2.17. The van der Waals surface area contributed by atoms with Crippen molar-refractivity contribution in [3.05, 3.63) is 51.7 Å². The van der Waals surface area contributed by atoms with Crippen LogP contribution in [-0.4, -0.2) is 4.98 Å². The molecule has 0 unspecified atom stereocenters. The molecule has 0 saturated carbocycles. The standard InChI is InChI=1S/C12H8BrCl2NO/c13-9-3-11(7-16-6-9)17-10-2-1-8(5-14)12(15)4-10/h1-4,6-7H,5H2. The average molecular weight is 333 g/mol. The zero-order valence-electron chi connectivity index (χ0n) is 8.66. The van der Waals surface area contributed by atoms with Gasteiger partial charge in [0.25, 0.3) is 0 Å². The first-order valence-corrected chi connectivity index (χ1v) is 6.52. The van der Waals surface area contributed by atoms with E-state index in [1.165, 1.54) is 0 Å². The lowest BCUT2D eigenvalue weighted by Gasteiger charge is -2.07. The number of rotatable bonds is 3. The molecule has 5 heteroatoms. The van der Waals surface area contributed by atoms with E-state index in [0.717, 1.165) is 10.0 Å². The maximum atomic E-state index is 6.04. The summed E-state index contributed by atoms with van der Waals surface area (Å²) in [6, 6.07) is 7.23. The molecule has 0 aliphatic heterocycles. The minimum absolute atomic E-state index is 0.386. The summed E-state index contributed by atoms with van der Waals surface area (Å²) in [5.74, 6) is 1.69. The molecule has 1 aromatic carbocycles. The maximum Gasteiger partial charge on any atom is 0.146 e. The Morgan fingerprint density at radius 1 is 1.18 bits per heavy atom. The van der Waals surface area contributed by atoms with E-state index in [4.69, 9.17) is 27.9 Å². The first-order valence-electron chi connectivity index (χ1n) is 4.82.